The van der Waals surface area contributed by atoms with Crippen LogP contribution in [0.4, 0.5) is 0 Å². The number of aromatic nitrogens is 2. The third-order valence-corrected chi connectivity index (χ3v) is 5.28. The Morgan fingerprint density at radius 1 is 1.07 bits per heavy atom. The van der Waals surface area contributed by atoms with Gasteiger partial charge in [0.2, 0.25) is 0 Å². The van der Waals surface area contributed by atoms with E-state index in [4.69, 9.17) is 0 Å². The first-order chi connectivity index (χ1) is 13.8. The van der Waals surface area contributed by atoms with E-state index in [0.717, 1.165) is 31.3 Å². The molecule has 0 unspecified atom stereocenters. The predicted molar refractivity (Wildman–Crippen MR) is 115 cm³/mol. The number of imidazole rings is 1. The van der Waals surface area contributed by atoms with Crippen LogP contribution in [-0.2, 0) is 13.1 Å². The van der Waals surface area contributed by atoms with Crippen LogP contribution in [-0.4, -0.2) is 53.6 Å². The van der Waals surface area contributed by atoms with Crippen molar-refractivity contribution in [1.29, 1.82) is 0 Å². The Morgan fingerprint density at radius 2 is 1.86 bits per heavy atom. The van der Waals surface area contributed by atoms with Gasteiger partial charge in [0, 0.05) is 32.5 Å². The highest BCUT2D eigenvalue weighted by molar-refractivity contribution is 5.79. The van der Waals surface area contributed by atoms with E-state index in [0.29, 0.717) is 6.54 Å². The summed E-state index contributed by atoms with van der Waals surface area (Å²) in [6.45, 7) is 6.12. The molecule has 0 saturated carbocycles. The van der Waals surface area contributed by atoms with Gasteiger partial charge in [0.25, 0.3) is 0 Å². The largest absolute Gasteiger partial charge is 0.356 e. The molecule has 1 aliphatic rings. The van der Waals surface area contributed by atoms with E-state index >= 15 is 0 Å². The summed E-state index contributed by atoms with van der Waals surface area (Å²) in [7, 11) is 1.82. The Hall–Kier alpha value is -2.34. The first-order valence-corrected chi connectivity index (χ1v) is 10.6. The lowest BCUT2D eigenvalue weighted by Crippen LogP contribution is -2.39. The van der Waals surface area contributed by atoms with Gasteiger partial charge in [-0.05, 0) is 44.5 Å². The molecule has 3 rings (SSSR count). The van der Waals surface area contributed by atoms with Gasteiger partial charge in [-0.25, -0.2) is 4.98 Å². The number of nitrogens with zero attached hydrogens (tertiary/aromatic N) is 4. The first kappa shape index (κ1) is 20.4. The van der Waals surface area contributed by atoms with Gasteiger partial charge in [-0.1, -0.05) is 43.2 Å². The topological polar surface area (TPSA) is 57.5 Å². The van der Waals surface area contributed by atoms with E-state index in [1.54, 1.807) is 0 Å². The monoisotopic (exact) mass is 382 g/mol. The van der Waals surface area contributed by atoms with Crippen LogP contribution in [0.3, 0.4) is 0 Å². The van der Waals surface area contributed by atoms with E-state index in [1.165, 1.54) is 50.9 Å². The van der Waals surface area contributed by atoms with Crippen LogP contribution in [0.25, 0.3) is 0 Å². The minimum absolute atomic E-state index is 0.658. The lowest BCUT2D eigenvalue weighted by molar-refractivity contribution is 0.282. The Kier molecular flexibility index (Phi) is 8.37. The number of benzene rings is 1. The summed E-state index contributed by atoms with van der Waals surface area (Å²) < 4.78 is 2.18. The number of hydrogen-bond acceptors (Lipinski definition) is 3. The standard InChI is InChI=1S/C22H34N6/c1-23-22(25-12-9-16-27-14-7-2-3-8-15-27)26-18-21-24-13-17-28(21)19-20-10-5-4-6-11-20/h4-6,10-11,13,17H,2-3,7-9,12,14-16,18-19H2,1H3,(H2,23,25,26). The van der Waals surface area contributed by atoms with Crippen molar-refractivity contribution < 1.29 is 0 Å². The molecule has 0 spiro atoms. The van der Waals surface area contributed by atoms with Crippen molar-refractivity contribution in [2.75, 3.05) is 33.2 Å². The van der Waals surface area contributed by atoms with Crippen molar-refractivity contribution in [2.24, 2.45) is 4.99 Å². The zero-order chi connectivity index (χ0) is 19.4. The van der Waals surface area contributed by atoms with E-state index in [-0.39, 0.29) is 0 Å². The molecule has 1 fully saturated rings. The van der Waals surface area contributed by atoms with Crippen LogP contribution in [0.15, 0.2) is 47.7 Å². The number of aliphatic imine (C=N–C) groups is 1. The smallest absolute Gasteiger partial charge is 0.191 e. The minimum atomic E-state index is 0.658. The first-order valence-electron chi connectivity index (χ1n) is 10.6. The quantitative estimate of drug-likeness (QED) is 0.419. The second-order valence-corrected chi connectivity index (χ2v) is 7.42. The molecule has 2 heterocycles. The van der Waals surface area contributed by atoms with Crippen molar-refractivity contribution in [1.82, 2.24) is 25.1 Å². The predicted octanol–water partition coefficient (Wildman–Crippen LogP) is 2.86. The number of rotatable bonds is 8. The molecule has 2 N–H and O–H groups in total. The number of guanidine groups is 1. The molecule has 0 aliphatic carbocycles. The van der Waals surface area contributed by atoms with Gasteiger partial charge in [0.05, 0.1) is 6.54 Å². The summed E-state index contributed by atoms with van der Waals surface area (Å²) in [4.78, 5) is 11.4. The zero-order valence-electron chi connectivity index (χ0n) is 17.1. The fourth-order valence-corrected chi connectivity index (χ4v) is 3.68. The molecule has 2 aromatic rings. The molecule has 0 atom stereocenters. The average Bonchev–Trinajstić information content (AvgIpc) is 3.00. The summed E-state index contributed by atoms with van der Waals surface area (Å²) in [6.07, 6.45) is 10.5. The van der Waals surface area contributed by atoms with Crippen molar-refractivity contribution in [3.63, 3.8) is 0 Å². The molecule has 1 aromatic heterocycles. The summed E-state index contributed by atoms with van der Waals surface area (Å²) in [5.74, 6) is 1.85. The molecule has 0 bridgehead atoms. The minimum Gasteiger partial charge on any atom is -0.356 e. The van der Waals surface area contributed by atoms with Gasteiger partial charge < -0.3 is 20.1 Å². The van der Waals surface area contributed by atoms with Gasteiger partial charge in [0.15, 0.2) is 5.96 Å². The Balaban J connectivity index is 1.39. The average molecular weight is 383 g/mol. The second-order valence-electron chi connectivity index (χ2n) is 7.42. The van der Waals surface area contributed by atoms with Gasteiger partial charge in [-0.15, -0.1) is 0 Å². The van der Waals surface area contributed by atoms with Crippen LogP contribution in [0.5, 0.6) is 0 Å². The maximum Gasteiger partial charge on any atom is 0.191 e. The maximum atomic E-state index is 4.50. The molecule has 28 heavy (non-hydrogen) atoms. The second kappa shape index (κ2) is 11.5. The fraction of sp³-hybridized carbons (Fsp3) is 0.545. The van der Waals surface area contributed by atoms with Crippen molar-refractivity contribution in [2.45, 2.75) is 45.2 Å². The van der Waals surface area contributed by atoms with E-state index in [1.807, 2.05) is 25.5 Å². The van der Waals surface area contributed by atoms with Crippen LogP contribution in [0.1, 0.15) is 43.5 Å². The normalized spacial score (nSPS) is 16.0. The summed E-state index contributed by atoms with van der Waals surface area (Å²) in [5.41, 5.74) is 1.28. The lowest BCUT2D eigenvalue weighted by Gasteiger charge is -2.20. The van der Waals surface area contributed by atoms with Gasteiger partial charge >= 0.3 is 0 Å². The van der Waals surface area contributed by atoms with Crippen LogP contribution in [0, 0.1) is 0 Å². The lowest BCUT2D eigenvalue weighted by atomic mass is 10.2. The molecule has 1 aromatic carbocycles. The summed E-state index contributed by atoms with van der Waals surface area (Å²) in [6, 6.07) is 10.5. The van der Waals surface area contributed by atoms with Gasteiger partial charge in [-0.2, -0.15) is 0 Å². The van der Waals surface area contributed by atoms with Gasteiger partial charge in [0.1, 0.15) is 5.82 Å². The Labute approximate surface area is 169 Å². The highest BCUT2D eigenvalue weighted by Gasteiger charge is 2.09. The summed E-state index contributed by atoms with van der Waals surface area (Å²) >= 11 is 0. The third kappa shape index (κ3) is 6.68. The molecule has 6 nitrogen and oxygen atoms in total. The molecule has 1 saturated heterocycles. The highest BCUT2D eigenvalue weighted by Crippen LogP contribution is 2.09. The third-order valence-electron chi connectivity index (χ3n) is 5.28. The number of likely N-dealkylation sites (tertiary alicyclic amines) is 1. The summed E-state index contributed by atoms with van der Waals surface area (Å²) in [5, 5.41) is 6.82. The van der Waals surface area contributed by atoms with Gasteiger partial charge in [-0.3, -0.25) is 4.99 Å². The van der Waals surface area contributed by atoms with Crippen molar-refractivity contribution >= 4 is 5.96 Å². The number of hydrogen-bond donors (Lipinski definition) is 2. The zero-order valence-corrected chi connectivity index (χ0v) is 17.1. The van der Waals surface area contributed by atoms with Crippen molar-refractivity contribution in [3.05, 3.63) is 54.1 Å². The van der Waals surface area contributed by atoms with Crippen LogP contribution < -0.4 is 10.6 Å². The molecule has 152 valence electrons. The molecule has 0 amide bonds. The Morgan fingerprint density at radius 3 is 2.61 bits per heavy atom. The highest BCUT2D eigenvalue weighted by atomic mass is 15.2. The van der Waals surface area contributed by atoms with E-state index in [2.05, 4.69) is 54.3 Å². The molecule has 1 aliphatic heterocycles. The molecule has 6 heteroatoms. The maximum absolute atomic E-state index is 4.50. The fourth-order valence-electron chi connectivity index (χ4n) is 3.68. The Bertz CT molecular complexity index is 701. The number of nitrogens with one attached hydrogen (secondary N) is 2. The van der Waals surface area contributed by atoms with Crippen molar-refractivity contribution in [3.8, 4) is 0 Å². The molecular weight excluding hydrogens is 348 g/mol. The molecular formula is C22H34N6. The van der Waals surface area contributed by atoms with E-state index < -0.39 is 0 Å². The molecule has 0 radical (unpaired) electrons. The van der Waals surface area contributed by atoms with Crippen LogP contribution >= 0.6 is 0 Å². The van der Waals surface area contributed by atoms with Crippen LogP contribution in [0.2, 0.25) is 0 Å². The van der Waals surface area contributed by atoms with E-state index in [9.17, 15) is 0 Å². The SMILES string of the molecule is CN=C(NCCCN1CCCCCC1)NCc1nccn1Cc1ccccc1.